The van der Waals surface area contributed by atoms with Gasteiger partial charge < -0.3 is 19.6 Å². The third-order valence-corrected chi connectivity index (χ3v) is 8.82. The number of rotatable bonds is 8. The first-order valence-corrected chi connectivity index (χ1v) is 14.6. The van der Waals surface area contributed by atoms with Crippen LogP contribution in [0, 0.1) is 0 Å². The Balaban J connectivity index is 1.04. The van der Waals surface area contributed by atoms with Crippen molar-refractivity contribution in [2.24, 2.45) is 0 Å². The summed E-state index contributed by atoms with van der Waals surface area (Å²) in [6.45, 7) is 6.88. The molecule has 3 aliphatic rings. The maximum atomic E-state index is 13.4. The molecule has 4 heterocycles. The van der Waals surface area contributed by atoms with Gasteiger partial charge in [0.15, 0.2) is 0 Å². The number of imidazole rings is 2. The lowest BCUT2D eigenvalue weighted by molar-refractivity contribution is -0.146. The molecule has 3 aromatic rings. The number of hydrogen-bond acceptors (Lipinski definition) is 6. The number of piperidine rings is 1. The van der Waals surface area contributed by atoms with E-state index in [0.29, 0.717) is 18.7 Å². The van der Waals surface area contributed by atoms with E-state index in [4.69, 9.17) is 4.74 Å². The number of likely N-dealkylation sites (tertiary alicyclic amines) is 1. The van der Waals surface area contributed by atoms with Crippen molar-refractivity contribution in [1.29, 1.82) is 0 Å². The van der Waals surface area contributed by atoms with Gasteiger partial charge >= 0.3 is 0 Å². The van der Waals surface area contributed by atoms with Crippen LogP contribution in [0.15, 0.2) is 49.1 Å². The smallest absolute Gasteiger partial charge is 0.254 e. The van der Waals surface area contributed by atoms with Crippen LogP contribution in [0.2, 0.25) is 0 Å². The van der Waals surface area contributed by atoms with E-state index in [-0.39, 0.29) is 11.5 Å². The van der Waals surface area contributed by atoms with Gasteiger partial charge in [-0.25, -0.2) is 9.97 Å². The average molecular weight is 532 g/mol. The zero-order valence-electron chi connectivity index (χ0n) is 22.9. The van der Waals surface area contributed by atoms with Crippen molar-refractivity contribution in [2.75, 3.05) is 32.8 Å². The summed E-state index contributed by atoms with van der Waals surface area (Å²) >= 11 is 0. The van der Waals surface area contributed by atoms with E-state index in [0.717, 1.165) is 69.9 Å². The number of hydrogen-bond donors (Lipinski definition) is 2. The molecule has 6 rings (SSSR count). The lowest BCUT2D eigenvalue weighted by atomic mass is 9.86. The molecule has 2 aromatic heterocycles. The number of morpholine rings is 1. The molecule has 9 nitrogen and oxygen atoms in total. The third kappa shape index (κ3) is 6.42. The molecule has 2 aliphatic heterocycles. The van der Waals surface area contributed by atoms with Gasteiger partial charge in [-0.05, 0) is 43.4 Å². The first-order valence-electron chi connectivity index (χ1n) is 14.6. The number of aromatic amines is 2. The lowest BCUT2D eigenvalue weighted by Crippen LogP contribution is -2.58. The maximum absolute atomic E-state index is 13.4. The molecule has 39 heavy (non-hydrogen) atoms. The predicted molar refractivity (Wildman–Crippen MR) is 149 cm³/mol. The van der Waals surface area contributed by atoms with E-state index in [1.54, 1.807) is 29.7 Å². The van der Waals surface area contributed by atoms with E-state index in [9.17, 15) is 4.79 Å². The second kappa shape index (κ2) is 12.0. The molecular formula is C30H41N7O2. The van der Waals surface area contributed by atoms with Gasteiger partial charge in [-0.1, -0.05) is 31.4 Å². The predicted octanol–water partition coefficient (Wildman–Crippen LogP) is 3.97. The molecule has 1 amide bonds. The second-order valence-corrected chi connectivity index (χ2v) is 11.5. The quantitative estimate of drug-likeness (QED) is 0.457. The van der Waals surface area contributed by atoms with Crippen LogP contribution >= 0.6 is 0 Å². The average Bonchev–Trinajstić information content (AvgIpc) is 3.70. The number of ether oxygens (including phenoxy) is 1. The van der Waals surface area contributed by atoms with Crippen LogP contribution in [0.5, 0.6) is 0 Å². The zero-order chi connectivity index (χ0) is 26.5. The number of carbonyl (C=O) groups is 1. The molecule has 1 saturated carbocycles. The number of carbonyl (C=O) groups excluding carboxylic acids is 1. The fourth-order valence-corrected chi connectivity index (χ4v) is 6.58. The third-order valence-electron chi connectivity index (χ3n) is 8.82. The highest BCUT2D eigenvalue weighted by Gasteiger charge is 2.41. The SMILES string of the molecule is O=C(c1ccc(CN2CCC3(CC2)CN(C2CCCCC2)CCO3)cc1)N(Cc1ncc[nH]1)Cc1ncc[nH]1. The number of benzene rings is 1. The topological polar surface area (TPSA) is 93.4 Å². The molecule has 0 atom stereocenters. The van der Waals surface area contributed by atoms with Crippen molar-refractivity contribution >= 4 is 5.91 Å². The molecule has 0 bridgehead atoms. The number of nitrogens with zero attached hydrogens (tertiary/aromatic N) is 5. The normalized spacial score (nSPS) is 20.8. The highest BCUT2D eigenvalue weighted by molar-refractivity contribution is 5.94. The summed E-state index contributed by atoms with van der Waals surface area (Å²) in [7, 11) is 0. The van der Waals surface area contributed by atoms with Crippen LogP contribution in [0.3, 0.4) is 0 Å². The number of aromatic nitrogens is 4. The molecular weight excluding hydrogens is 490 g/mol. The van der Waals surface area contributed by atoms with Crippen LogP contribution < -0.4 is 0 Å². The maximum Gasteiger partial charge on any atom is 0.254 e. The summed E-state index contributed by atoms with van der Waals surface area (Å²) in [6.07, 6.45) is 16.1. The van der Waals surface area contributed by atoms with Gasteiger partial charge in [-0.2, -0.15) is 0 Å². The van der Waals surface area contributed by atoms with Crippen molar-refractivity contribution in [1.82, 2.24) is 34.6 Å². The first-order chi connectivity index (χ1) is 19.2. The van der Waals surface area contributed by atoms with Gasteiger partial charge in [0.1, 0.15) is 11.6 Å². The van der Waals surface area contributed by atoms with Crippen molar-refractivity contribution in [3.8, 4) is 0 Å². The van der Waals surface area contributed by atoms with Gasteiger partial charge in [0, 0.05) is 69.1 Å². The molecule has 1 aliphatic carbocycles. The Morgan fingerprint density at radius 3 is 2.23 bits per heavy atom. The van der Waals surface area contributed by atoms with Crippen LogP contribution in [-0.2, 0) is 24.4 Å². The van der Waals surface area contributed by atoms with Crippen LogP contribution in [0.4, 0.5) is 0 Å². The molecule has 2 N–H and O–H groups in total. The Morgan fingerprint density at radius 1 is 0.949 bits per heavy atom. The highest BCUT2D eigenvalue weighted by atomic mass is 16.5. The number of amides is 1. The molecule has 2 saturated heterocycles. The Hall–Kier alpha value is -3.01. The van der Waals surface area contributed by atoms with Crippen molar-refractivity contribution in [3.05, 3.63) is 71.8 Å². The van der Waals surface area contributed by atoms with E-state index in [2.05, 4.69) is 41.9 Å². The summed E-state index contributed by atoms with van der Waals surface area (Å²) in [5.41, 5.74) is 1.95. The van der Waals surface area contributed by atoms with E-state index >= 15 is 0 Å². The monoisotopic (exact) mass is 531 g/mol. The van der Waals surface area contributed by atoms with Gasteiger partial charge in [0.05, 0.1) is 25.3 Å². The molecule has 3 fully saturated rings. The minimum absolute atomic E-state index is 0.0356. The number of nitrogens with one attached hydrogen (secondary N) is 2. The molecule has 0 unspecified atom stereocenters. The first kappa shape index (κ1) is 26.2. The van der Waals surface area contributed by atoms with Crippen molar-refractivity contribution in [3.63, 3.8) is 0 Å². The fraction of sp³-hybridized carbons (Fsp3) is 0.567. The van der Waals surface area contributed by atoms with Crippen LogP contribution in [-0.4, -0.2) is 85.0 Å². The zero-order valence-corrected chi connectivity index (χ0v) is 22.9. The summed E-state index contributed by atoms with van der Waals surface area (Å²) in [6, 6.07) is 8.86. The van der Waals surface area contributed by atoms with Crippen molar-refractivity contribution < 1.29 is 9.53 Å². The van der Waals surface area contributed by atoms with Gasteiger partial charge in [-0.3, -0.25) is 14.6 Å². The van der Waals surface area contributed by atoms with Gasteiger partial charge in [-0.15, -0.1) is 0 Å². The second-order valence-electron chi connectivity index (χ2n) is 11.5. The van der Waals surface area contributed by atoms with Crippen molar-refractivity contribution in [2.45, 2.75) is 76.2 Å². The molecule has 1 spiro atoms. The van der Waals surface area contributed by atoms with Crippen LogP contribution in [0.25, 0.3) is 0 Å². The molecule has 208 valence electrons. The Morgan fingerprint density at radius 2 is 1.62 bits per heavy atom. The summed E-state index contributed by atoms with van der Waals surface area (Å²) in [5, 5.41) is 0. The van der Waals surface area contributed by atoms with E-state index in [1.165, 1.54) is 37.7 Å². The summed E-state index contributed by atoms with van der Waals surface area (Å²) < 4.78 is 6.44. The molecule has 1 aromatic carbocycles. The van der Waals surface area contributed by atoms with Crippen LogP contribution in [0.1, 0.15) is 72.5 Å². The summed E-state index contributed by atoms with van der Waals surface area (Å²) in [5.74, 6) is 1.46. The fourth-order valence-electron chi connectivity index (χ4n) is 6.58. The lowest BCUT2D eigenvalue weighted by Gasteiger charge is -2.49. The van der Waals surface area contributed by atoms with E-state index < -0.39 is 0 Å². The highest BCUT2D eigenvalue weighted by Crippen LogP contribution is 2.34. The Bertz CT molecular complexity index is 1130. The minimum Gasteiger partial charge on any atom is -0.372 e. The van der Waals surface area contributed by atoms with E-state index in [1.807, 2.05) is 12.1 Å². The molecule has 0 radical (unpaired) electrons. The Kier molecular flexibility index (Phi) is 8.08. The summed E-state index contributed by atoms with van der Waals surface area (Å²) in [4.78, 5) is 35.3. The largest absolute Gasteiger partial charge is 0.372 e. The standard InChI is InChI=1S/C30H41N7O2/c38-29(37(21-27-31-12-13-32-27)22-28-33-14-15-34-28)25-8-6-24(7-9-25)20-35-16-10-30(11-17-35)23-36(18-19-39-30)26-4-2-1-3-5-26/h6-9,12-15,26H,1-5,10-11,16-23H2,(H,31,32)(H,33,34). The van der Waals surface area contributed by atoms with Gasteiger partial charge in [0.2, 0.25) is 0 Å². The minimum atomic E-state index is -0.0359. The van der Waals surface area contributed by atoms with Gasteiger partial charge in [0.25, 0.3) is 5.91 Å². The number of H-pyrrole nitrogens is 2. The molecule has 9 heteroatoms. The Labute approximate surface area is 231 Å².